The standard InChI is InChI=1S/C24H55N3O7Si/c1-4-7-9-22(6-3)19-34-21-24(29)17-26(11-5-2)13-14-27(12-10-25)18-23(28)20-33-15-8-16-35(30,31)32/h22-24,28-32H,4-21,25H2,1-3H3. The minimum absolute atomic E-state index is 0.0788. The molecule has 0 saturated carbocycles. The zero-order valence-electron chi connectivity index (χ0n) is 22.5. The van der Waals surface area contributed by atoms with Crippen molar-refractivity contribution < 1.29 is 34.1 Å². The summed E-state index contributed by atoms with van der Waals surface area (Å²) in [7, 11) is -4.03. The zero-order valence-corrected chi connectivity index (χ0v) is 23.5. The molecule has 0 aliphatic carbocycles. The predicted molar refractivity (Wildman–Crippen MR) is 141 cm³/mol. The van der Waals surface area contributed by atoms with Crippen molar-refractivity contribution in [1.82, 2.24) is 9.80 Å². The first-order valence-corrected chi connectivity index (χ1v) is 15.5. The van der Waals surface area contributed by atoms with Crippen molar-refractivity contribution in [2.45, 2.75) is 77.5 Å². The van der Waals surface area contributed by atoms with Gasteiger partial charge in [-0.25, -0.2) is 0 Å². The molecule has 212 valence electrons. The summed E-state index contributed by atoms with van der Waals surface area (Å²) in [5, 5.41) is 20.8. The summed E-state index contributed by atoms with van der Waals surface area (Å²) in [6.45, 7) is 12.3. The number of hydrogen-bond acceptors (Lipinski definition) is 10. The highest BCUT2D eigenvalue weighted by Gasteiger charge is 2.25. The van der Waals surface area contributed by atoms with Crippen LogP contribution >= 0.6 is 0 Å². The van der Waals surface area contributed by atoms with Crippen molar-refractivity contribution in [3.05, 3.63) is 0 Å². The van der Waals surface area contributed by atoms with Gasteiger partial charge in [0.2, 0.25) is 0 Å². The molecule has 0 bridgehead atoms. The third kappa shape index (κ3) is 21.6. The molecule has 3 atom stereocenters. The molecule has 0 aromatic heterocycles. The molecule has 0 aliphatic heterocycles. The fraction of sp³-hybridized carbons (Fsp3) is 1.00. The lowest BCUT2D eigenvalue weighted by Crippen LogP contribution is -2.44. The van der Waals surface area contributed by atoms with E-state index in [0.29, 0.717) is 58.3 Å². The summed E-state index contributed by atoms with van der Waals surface area (Å²) >= 11 is 0. The number of aliphatic hydroxyl groups excluding tert-OH is 2. The van der Waals surface area contributed by atoms with Gasteiger partial charge in [-0.3, -0.25) is 9.80 Å². The van der Waals surface area contributed by atoms with Gasteiger partial charge in [0.05, 0.1) is 25.4 Å². The SMILES string of the molecule is CCCCC(CC)COCC(O)CN(CCC)CCN(CCN)CC(O)COCCC[Si](O)(O)O. The van der Waals surface area contributed by atoms with E-state index in [1.54, 1.807) is 0 Å². The summed E-state index contributed by atoms with van der Waals surface area (Å²) in [6.07, 6.45) is 4.76. The van der Waals surface area contributed by atoms with Crippen LogP contribution in [0.15, 0.2) is 0 Å². The van der Waals surface area contributed by atoms with E-state index >= 15 is 0 Å². The summed E-state index contributed by atoms with van der Waals surface area (Å²) in [5.41, 5.74) is 5.76. The van der Waals surface area contributed by atoms with Crippen LogP contribution in [0.3, 0.4) is 0 Å². The molecule has 0 fully saturated rings. The highest BCUT2D eigenvalue weighted by molar-refractivity contribution is 6.56. The monoisotopic (exact) mass is 525 g/mol. The largest absolute Gasteiger partial charge is 0.492 e. The zero-order chi connectivity index (χ0) is 26.5. The van der Waals surface area contributed by atoms with Crippen LogP contribution in [0, 0.1) is 5.92 Å². The molecular weight excluding hydrogens is 470 g/mol. The Balaban J connectivity index is 4.38. The predicted octanol–water partition coefficient (Wildman–Crippen LogP) is 0.236. The second-order valence-corrected chi connectivity index (χ2v) is 11.7. The van der Waals surface area contributed by atoms with E-state index in [2.05, 4.69) is 30.6 Å². The van der Waals surface area contributed by atoms with Crippen molar-refractivity contribution in [2.75, 3.05) is 72.2 Å². The van der Waals surface area contributed by atoms with Crippen LogP contribution < -0.4 is 5.73 Å². The number of hydrogen-bond donors (Lipinski definition) is 6. The molecular formula is C24H55N3O7Si. The molecule has 10 nitrogen and oxygen atoms in total. The molecule has 0 amide bonds. The number of nitrogens with two attached hydrogens (primary N) is 1. The maximum absolute atomic E-state index is 10.5. The number of ether oxygens (including phenoxy) is 2. The summed E-state index contributed by atoms with van der Waals surface area (Å²) in [6, 6.07) is -0.0788. The first kappa shape index (κ1) is 34.8. The molecule has 0 aromatic carbocycles. The van der Waals surface area contributed by atoms with E-state index < -0.39 is 21.0 Å². The Bertz CT molecular complexity index is 475. The van der Waals surface area contributed by atoms with Crippen LogP contribution in [0.2, 0.25) is 6.04 Å². The topological polar surface area (TPSA) is 152 Å². The van der Waals surface area contributed by atoms with Gasteiger partial charge in [0, 0.05) is 58.5 Å². The average molecular weight is 526 g/mol. The van der Waals surface area contributed by atoms with Crippen LogP contribution in [0.5, 0.6) is 0 Å². The Morgan fingerprint density at radius 1 is 0.771 bits per heavy atom. The minimum atomic E-state index is -4.03. The van der Waals surface area contributed by atoms with Crippen molar-refractivity contribution in [2.24, 2.45) is 11.7 Å². The van der Waals surface area contributed by atoms with Crippen LogP contribution in [0.25, 0.3) is 0 Å². The van der Waals surface area contributed by atoms with Gasteiger partial charge in [0.1, 0.15) is 0 Å². The van der Waals surface area contributed by atoms with Crippen LogP contribution in [-0.4, -0.2) is 128 Å². The lowest BCUT2D eigenvalue weighted by Gasteiger charge is -2.30. The third-order valence-electron chi connectivity index (χ3n) is 5.97. The molecule has 0 aliphatic rings. The van der Waals surface area contributed by atoms with E-state index in [9.17, 15) is 10.2 Å². The summed E-state index contributed by atoms with van der Waals surface area (Å²) < 4.78 is 11.2. The van der Waals surface area contributed by atoms with E-state index in [1.807, 2.05) is 0 Å². The van der Waals surface area contributed by atoms with Crippen molar-refractivity contribution in [1.29, 1.82) is 0 Å². The van der Waals surface area contributed by atoms with E-state index in [1.165, 1.54) is 19.3 Å². The van der Waals surface area contributed by atoms with Crippen molar-refractivity contribution in [3.63, 3.8) is 0 Å². The van der Waals surface area contributed by atoms with Gasteiger partial charge < -0.3 is 39.8 Å². The second kappa shape index (κ2) is 21.9. The molecule has 0 rings (SSSR count). The average Bonchev–Trinajstić information content (AvgIpc) is 2.78. The normalized spacial score (nSPS) is 15.2. The first-order valence-electron chi connectivity index (χ1n) is 13.5. The molecule has 7 N–H and O–H groups in total. The Morgan fingerprint density at radius 3 is 1.89 bits per heavy atom. The third-order valence-corrected chi connectivity index (χ3v) is 7.00. The van der Waals surface area contributed by atoms with Gasteiger partial charge >= 0.3 is 8.80 Å². The van der Waals surface area contributed by atoms with E-state index in [-0.39, 0.29) is 19.3 Å². The first-order chi connectivity index (χ1) is 16.6. The van der Waals surface area contributed by atoms with Crippen LogP contribution in [-0.2, 0) is 9.47 Å². The molecule has 0 saturated heterocycles. The number of nitrogens with zero attached hydrogens (tertiary/aromatic N) is 2. The molecule has 3 unspecified atom stereocenters. The second-order valence-electron chi connectivity index (χ2n) is 9.60. The molecule has 35 heavy (non-hydrogen) atoms. The van der Waals surface area contributed by atoms with Gasteiger partial charge in [-0.1, -0.05) is 40.0 Å². The smallest absolute Gasteiger partial charge is 0.390 e. The summed E-state index contributed by atoms with van der Waals surface area (Å²) in [5.74, 6) is 0.559. The summed E-state index contributed by atoms with van der Waals surface area (Å²) in [4.78, 5) is 31.3. The Kier molecular flexibility index (Phi) is 21.7. The van der Waals surface area contributed by atoms with Crippen LogP contribution in [0.1, 0.15) is 59.3 Å². The highest BCUT2D eigenvalue weighted by atomic mass is 28.4. The van der Waals surface area contributed by atoms with Crippen molar-refractivity contribution >= 4 is 8.80 Å². The maximum atomic E-state index is 10.5. The molecule has 0 heterocycles. The van der Waals surface area contributed by atoms with Gasteiger partial charge in [-0.15, -0.1) is 0 Å². The Morgan fingerprint density at radius 2 is 1.37 bits per heavy atom. The van der Waals surface area contributed by atoms with Gasteiger partial charge in [-0.2, -0.15) is 0 Å². The van der Waals surface area contributed by atoms with E-state index in [4.69, 9.17) is 29.6 Å². The maximum Gasteiger partial charge on any atom is 0.492 e. The van der Waals surface area contributed by atoms with Gasteiger partial charge in [0.25, 0.3) is 0 Å². The van der Waals surface area contributed by atoms with E-state index in [0.717, 1.165) is 25.9 Å². The molecule has 0 aromatic rings. The highest BCUT2D eigenvalue weighted by Crippen LogP contribution is 2.13. The van der Waals surface area contributed by atoms with Gasteiger partial charge in [0.15, 0.2) is 0 Å². The fourth-order valence-corrected chi connectivity index (χ4v) is 4.59. The lowest BCUT2D eigenvalue weighted by atomic mass is 10.0. The Hall–Kier alpha value is -0.183. The van der Waals surface area contributed by atoms with Crippen molar-refractivity contribution in [3.8, 4) is 0 Å². The molecule has 0 radical (unpaired) electrons. The molecule has 11 heteroatoms. The fourth-order valence-electron chi connectivity index (χ4n) is 3.97. The number of rotatable bonds is 25. The Labute approximate surface area is 214 Å². The number of aliphatic hydroxyl groups is 2. The minimum Gasteiger partial charge on any atom is -0.390 e. The number of unbranched alkanes of at least 4 members (excludes halogenated alkanes) is 1. The quantitative estimate of drug-likeness (QED) is 0.0722. The van der Waals surface area contributed by atoms with Gasteiger partial charge in [-0.05, 0) is 31.7 Å². The van der Waals surface area contributed by atoms with Crippen LogP contribution in [0.4, 0.5) is 0 Å². The lowest BCUT2D eigenvalue weighted by molar-refractivity contribution is -0.00144. The molecule has 0 spiro atoms.